The molecule has 1 aliphatic heterocycles. The minimum absolute atomic E-state index is 0.884. The lowest BCUT2D eigenvalue weighted by molar-refractivity contribution is -1.03. The Bertz CT molecular complexity index is 188. The minimum atomic E-state index is -1.27. The van der Waals surface area contributed by atoms with Crippen molar-refractivity contribution in [1.82, 2.24) is 0 Å². The topological polar surface area (TPSA) is 58.3 Å². The summed E-state index contributed by atoms with van der Waals surface area (Å²) in [6.07, 6.45) is 6.09. The second kappa shape index (κ2) is 2.63. The van der Waals surface area contributed by atoms with E-state index in [1.165, 1.54) is 24.2 Å². The van der Waals surface area contributed by atoms with Crippen LogP contribution < -0.4 is 5.84 Å². The van der Waals surface area contributed by atoms with Gasteiger partial charge in [-0.15, -0.1) is 17.6 Å². The highest BCUT2D eigenvalue weighted by Gasteiger charge is 2.12. The molecule has 1 aliphatic rings. The molecule has 4 nitrogen and oxygen atoms in total. The SMILES string of the molecule is CSC1=CO[N+](N)([O-])C=C1. The molecule has 1 unspecified atom stereocenters. The first kappa shape index (κ1) is 7.62. The zero-order valence-corrected chi connectivity index (χ0v) is 6.30. The van der Waals surface area contributed by atoms with Crippen molar-refractivity contribution in [1.29, 1.82) is 0 Å². The number of quaternary nitrogens is 1. The maximum Gasteiger partial charge on any atom is 0.172 e. The number of hydroxylamine groups is 2. The third-order valence-electron chi connectivity index (χ3n) is 1.02. The van der Waals surface area contributed by atoms with Crippen LogP contribution >= 0.6 is 11.8 Å². The maximum atomic E-state index is 10.7. The first-order valence-corrected chi connectivity index (χ1v) is 3.87. The van der Waals surface area contributed by atoms with Gasteiger partial charge in [-0.3, -0.25) is 4.84 Å². The Kier molecular flexibility index (Phi) is 2.00. The molecule has 0 aromatic carbocycles. The molecule has 1 rings (SSSR count). The standard InChI is InChI=1S/C5H8N2O2S/c1-10-5-2-3-7(6,8)9-4-5/h2-4H,6H2,1H3. The molecule has 0 aromatic rings. The monoisotopic (exact) mass is 160 g/mol. The van der Waals surface area contributed by atoms with Crippen LogP contribution in [-0.4, -0.2) is 11.2 Å². The Labute approximate surface area is 63.0 Å². The van der Waals surface area contributed by atoms with E-state index in [0.29, 0.717) is 0 Å². The Morgan fingerprint density at radius 2 is 2.50 bits per heavy atom. The van der Waals surface area contributed by atoms with Gasteiger partial charge >= 0.3 is 0 Å². The lowest BCUT2D eigenvalue weighted by Crippen LogP contribution is -2.42. The Morgan fingerprint density at radius 3 is 2.90 bits per heavy atom. The molecular weight excluding hydrogens is 152 g/mol. The van der Waals surface area contributed by atoms with Gasteiger partial charge in [0.2, 0.25) is 0 Å². The van der Waals surface area contributed by atoms with Crippen LogP contribution in [0.1, 0.15) is 0 Å². The molecule has 0 saturated carbocycles. The van der Waals surface area contributed by atoms with Gasteiger partial charge in [0.1, 0.15) is 0 Å². The zero-order chi connectivity index (χ0) is 7.61. The molecule has 56 valence electrons. The molecule has 0 aromatic heterocycles. The van der Waals surface area contributed by atoms with Crippen LogP contribution in [0.2, 0.25) is 0 Å². The molecular formula is C5H8N2O2S. The minimum Gasteiger partial charge on any atom is -0.564 e. The Balaban J connectivity index is 2.63. The van der Waals surface area contributed by atoms with E-state index in [2.05, 4.69) is 4.84 Å². The second-order valence-corrected chi connectivity index (χ2v) is 2.67. The molecule has 1 heterocycles. The predicted molar refractivity (Wildman–Crippen MR) is 39.6 cm³/mol. The van der Waals surface area contributed by atoms with Crippen LogP contribution in [0.3, 0.4) is 0 Å². The summed E-state index contributed by atoms with van der Waals surface area (Å²) in [6.45, 7) is 0. The van der Waals surface area contributed by atoms with E-state index in [1.807, 2.05) is 6.26 Å². The number of hydrogen-bond donors (Lipinski definition) is 1. The van der Waals surface area contributed by atoms with E-state index in [-0.39, 0.29) is 0 Å². The number of thioether (sulfide) groups is 1. The molecule has 0 spiro atoms. The smallest absolute Gasteiger partial charge is 0.172 e. The summed E-state index contributed by atoms with van der Waals surface area (Å²) in [5.74, 6) is 5.01. The van der Waals surface area contributed by atoms with Crippen LogP contribution in [-0.2, 0) is 4.84 Å². The summed E-state index contributed by atoms with van der Waals surface area (Å²) in [4.78, 5) is 4.17. The first-order valence-electron chi connectivity index (χ1n) is 2.64. The highest BCUT2D eigenvalue weighted by atomic mass is 32.2. The first-order chi connectivity index (χ1) is 4.64. The van der Waals surface area contributed by atoms with Crippen LogP contribution in [0.15, 0.2) is 23.4 Å². The van der Waals surface area contributed by atoms with Crippen molar-refractivity contribution < 1.29 is 9.76 Å². The van der Waals surface area contributed by atoms with E-state index in [4.69, 9.17) is 5.84 Å². The van der Waals surface area contributed by atoms with Gasteiger partial charge < -0.3 is 5.21 Å². The molecule has 1 atom stereocenters. The van der Waals surface area contributed by atoms with Crippen molar-refractivity contribution in [2.75, 3.05) is 6.26 Å². The molecule has 2 N–H and O–H groups in total. The largest absolute Gasteiger partial charge is 0.564 e. The average molecular weight is 160 g/mol. The van der Waals surface area contributed by atoms with Crippen LogP contribution in [0.4, 0.5) is 0 Å². The molecule has 0 saturated heterocycles. The third-order valence-corrected chi connectivity index (χ3v) is 1.72. The fourth-order valence-corrected chi connectivity index (χ4v) is 0.838. The van der Waals surface area contributed by atoms with Crippen molar-refractivity contribution in [2.45, 2.75) is 0 Å². The van der Waals surface area contributed by atoms with Crippen LogP contribution in [0.5, 0.6) is 0 Å². The van der Waals surface area contributed by atoms with Gasteiger partial charge in [0.25, 0.3) is 0 Å². The van der Waals surface area contributed by atoms with Crippen molar-refractivity contribution in [3.8, 4) is 0 Å². The summed E-state index contributed by atoms with van der Waals surface area (Å²) < 4.78 is 0. The number of nitrogens with two attached hydrogens (primary N) is 1. The van der Waals surface area contributed by atoms with E-state index in [0.717, 1.165) is 4.91 Å². The maximum absolute atomic E-state index is 10.7. The lowest BCUT2D eigenvalue weighted by atomic mass is 10.5. The lowest BCUT2D eigenvalue weighted by Gasteiger charge is -2.29. The van der Waals surface area contributed by atoms with E-state index >= 15 is 0 Å². The summed E-state index contributed by atoms with van der Waals surface area (Å²) in [7, 11) is 0. The molecule has 10 heavy (non-hydrogen) atoms. The fraction of sp³-hybridized carbons (Fsp3) is 0.200. The van der Waals surface area contributed by atoms with Crippen molar-refractivity contribution in [3.05, 3.63) is 28.7 Å². The predicted octanol–water partition coefficient (Wildman–Crippen LogP) is 0.838. The van der Waals surface area contributed by atoms with Crippen LogP contribution in [0, 0.1) is 5.21 Å². The van der Waals surface area contributed by atoms with Gasteiger partial charge in [0, 0.05) is 6.08 Å². The highest BCUT2D eigenvalue weighted by molar-refractivity contribution is 8.02. The van der Waals surface area contributed by atoms with E-state index < -0.39 is 4.92 Å². The van der Waals surface area contributed by atoms with Gasteiger partial charge in [-0.25, -0.2) is 0 Å². The Hall–Kier alpha value is -0.490. The van der Waals surface area contributed by atoms with Gasteiger partial charge in [-0.2, -0.15) is 0 Å². The van der Waals surface area contributed by atoms with Crippen molar-refractivity contribution in [3.63, 3.8) is 0 Å². The van der Waals surface area contributed by atoms with Crippen molar-refractivity contribution >= 4 is 11.8 Å². The second-order valence-electron chi connectivity index (χ2n) is 1.79. The van der Waals surface area contributed by atoms with Crippen LogP contribution in [0.25, 0.3) is 0 Å². The van der Waals surface area contributed by atoms with Gasteiger partial charge in [0.05, 0.1) is 4.91 Å². The van der Waals surface area contributed by atoms with E-state index in [1.54, 1.807) is 6.08 Å². The van der Waals surface area contributed by atoms with Gasteiger partial charge in [0.15, 0.2) is 12.5 Å². The normalized spacial score (nSPS) is 31.3. The quantitative estimate of drug-likeness (QED) is 0.351. The summed E-state index contributed by atoms with van der Waals surface area (Å²) in [5, 5.41) is 10.7. The molecule has 0 bridgehead atoms. The molecule has 5 heteroatoms. The third kappa shape index (κ3) is 1.74. The molecule has 0 radical (unpaired) electrons. The fourth-order valence-electron chi connectivity index (χ4n) is 0.502. The Morgan fingerprint density at radius 1 is 1.80 bits per heavy atom. The molecule has 0 amide bonds. The van der Waals surface area contributed by atoms with Gasteiger partial charge in [-0.05, 0) is 6.26 Å². The number of rotatable bonds is 1. The molecule has 0 fully saturated rings. The summed E-state index contributed by atoms with van der Waals surface area (Å²) in [5.41, 5.74) is 0. The molecule has 0 aliphatic carbocycles. The number of hydrogen-bond acceptors (Lipinski definition) is 4. The van der Waals surface area contributed by atoms with Gasteiger partial charge in [-0.1, -0.05) is 4.92 Å². The van der Waals surface area contributed by atoms with Crippen molar-refractivity contribution in [2.24, 2.45) is 5.84 Å². The number of allylic oxidation sites excluding steroid dienone is 1. The average Bonchev–Trinajstić information content (AvgIpc) is 1.88. The highest BCUT2D eigenvalue weighted by Crippen LogP contribution is 2.19. The number of nitrogens with zero attached hydrogens (tertiary/aromatic N) is 1. The summed E-state index contributed by atoms with van der Waals surface area (Å²) in [6, 6.07) is 0. The van der Waals surface area contributed by atoms with E-state index in [9.17, 15) is 5.21 Å². The summed E-state index contributed by atoms with van der Waals surface area (Å²) >= 11 is 1.49. The zero-order valence-electron chi connectivity index (χ0n) is 5.48.